The lowest BCUT2D eigenvalue weighted by Gasteiger charge is -2.20. The lowest BCUT2D eigenvalue weighted by molar-refractivity contribution is 0.429. The molecule has 2 rings (SSSR count). The van der Waals surface area contributed by atoms with E-state index in [1.165, 1.54) is 0 Å². The fraction of sp³-hybridized carbons (Fsp3) is 0.333. The Bertz CT molecular complexity index is 525. The fourth-order valence-corrected chi connectivity index (χ4v) is 2.40. The van der Waals surface area contributed by atoms with Gasteiger partial charge in [-0.1, -0.05) is 29.3 Å². The highest BCUT2D eigenvalue weighted by atomic mass is 35.5. The lowest BCUT2D eigenvalue weighted by Crippen LogP contribution is -2.30. The molecule has 0 fully saturated rings. The first-order valence-corrected chi connectivity index (χ1v) is 7.05. The monoisotopic (exact) mass is 297 g/mol. The molecule has 0 saturated heterocycles. The van der Waals surface area contributed by atoms with Gasteiger partial charge in [0.25, 0.3) is 0 Å². The molecule has 19 heavy (non-hydrogen) atoms. The van der Waals surface area contributed by atoms with Gasteiger partial charge in [-0.05, 0) is 43.7 Å². The zero-order chi connectivity index (χ0) is 13.8. The van der Waals surface area contributed by atoms with Crippen molar-refractivity contribution in [3.8, 4) is 0 Å². The van der Waals surface area contributed by atoms with E-state index in [1.807, 2.05) is 30.3 Å². The maximum absolute atomic E-state index is 6.03. The number of halogens is 2. The van der Waals surface area contributed by atoms with Crippen LogP contribution in [0, 0.1) is 0 Å². The summed E-state index contributed by atoms with van der Waals surface area (Å²) >= 11 is 12.0. The van der Waals surface area contributed by atoms with Crippen molar-refractivity contribution in [2.75, 3.05) is 0 Å². The summed E-state index contributed by atoms with van der Waals surface area (Å²) in [5.41, 5.74) is 1.13. The second-order valence-corrected chi connectivity index (χ2v) is 5.56. The first-order valence-electron chi connectivity index (χ1n) is 6.29. The van der Waals surface area contributed by atoms with Gasteiger partial charge >= 0.3 is 0 Å². The highest BCUT2D eigenvalue weighted by molar-refractivity contribution is 6.42. The van der Waals surface area contributed by atoms with Crippen LogP contribution in [0.5, 0.6) is 0 Å². The highest BCUT2D eigenvalue weighted by Crippen LogP contribution is 2.25. The lowest BCUT2D eigenvalue weighted by atomic mass is 10.1. The van der Waals surface area contributed by atoms with Crippen LogP contribution in [-0.4, -0.2) is 6.04 Å². The maximum atomic E-state index is 6.03. The summed E-state index contributed by atoms with van der Waals surface area (Å²) in [5, 5.41) is 4.69. The summed E-state index contributed by atoms with van der Waals surface area (Å²) in [4.78, 5) is 0. The Hall–Kier alpha value is -0.960. The van der Waals surface area contributed by atoms with Gasteiger partial charge in [-0.2, -0.15) is 0 Å². The molecule has 0 amide bonds. The van der Waals surface area contributed by atoms with Gasteiger partial charge in [-0.3, -0.25) is 0 Å². The largest absolute Gasteiger partial charge is 0.469 e. The summed E-state index contributed by atoms with van der Waals surface area (Å²) in [7, 11) is 0. The van der Waals surface area contributed by atoms with Gasteiger partial charge in [0.2, 0.25) is 0 Å². The van der Waals surface area contributed by atoms with Crippen LogP contribution in [0.3, 0.4) is 0 Å². The maximum Gasteiger partial charge on any atom is 0.105 e. The van der Waals surface area contributed by atoms with Gasteiger partial charge in [0.1, 0.15) is 5.76 Å². The number of hydrogen-bond donors (Lipinski definition) is 1. The molecule has 2 atom stereocenters. The molecule has 2 unspecified atom stereocenters. The summed E-state index contributed by atoms with van der Waals surface area (Å²) < 4.78 is 5.35. The SMILES string of the molecule is CC(Cc1ccco1)NC(C)c1ccc(Cl)c(Cl)c1. The van der Waals surface area contributed by atoms with Crippen molar-refractivity contribution < 1.29 is 4.42 Å². The molecule has 4 heteroatoms. The first kappa shape index (κ1) is 14.4. The Morgan fingerprint density at radius 2 is 1.95 bits per heavy atom. The molecule has 0 aliphatic rings. The molecule has 0 aliphatic carbocycles. The van der Waals surface area contributed by atoms with Crippen LogP contribution in [0.1, 0.15) is 31.2 Å². The van der Waals surface area contributed by atoms with E-state index in [0.29, 0.717) is 16.1 Å². The van der Waals surface area contributed by atoms with E-state index < -0.39 is 0 Å². The number of rotatable bonds is 5. The van der Waals surface area contributed by atoms with Crippen molar-refractivity contribution in [1.29, 1.82) is 0 Å². The van der Waals surface area contributed by atoms with Crippen molar-refractivity contribution in [3.05, 3.63) is 58.0 Å². The fourth-order valence-electron chi connectivity index (χ4n) is 2.09. The average molecular weight is 298 g/mol. The number of benzene rings is 1. The van der Waals surface area contributed by atoms with Gasteiger partial charge in [0.05, 0.1) is 16.3 Å². The molecular weight excluding hydrogens is 281 g/mol. The summed E-state index contributed by atoms with van der Waals surface area (Å²) in [6.45, 7) is 4.24. The van der Waals surface area contributed by atoms with Crippen molar-refractivity contribution in [3.63, 3.8) is 0 Å². The van der Waals surface area contributed by atoms with E-state index in [9.17, 15) is 0 Å². The molecule has 0 radical (unpaired) electrons. The number of hydrogen-bond acceptors (Lipinski definition) is 2. The van der Waals surface area contributed by atoms with Crippen LogP contribution in [0.4, 0.5) is 0 Å². The van der Waals surface area contributed by atoms with Crippen molar-refractivity contribution >= 4 is 23.2 Å². The number of furan rings is 1. The Morgan fingerprint density at radius 1 is 1.16 bits per heavy atom. The van der Waals surface area contributed by atoms with Gasteiger partial charge in [-0.15, -0.1) is 0 Å². The van der Waals surface area contributed by atoms with E-state index in [4.69, 9.17) is 27.6 Å². The van der Waals surface area contributed by atoms with Gasteiger partial charge < -0.3 is 9.73 Å². The second-order valence-electron chi connectivity index (χ2n) is 4.75. The van der Waals surface area contributed by atoms with Gasteiger partial charge in [0, 0.05) is 18.5 Å². The molecule has 0 saturated carbocycles. The zero-order valence-electron chi connectivity index (χ0n) is 11.0. The Balaban J connectivity index is 1.96. The van der Waals surface area contributed by atoms with Crippen LogP contribution in [-0.2, 0) is 6.42 Å². The quantitative estimate of drug-likeness (QED) is 0.852. The normalized spacial score (nSPS) is 14.3. The molecule has 1 aromatic heterocycles. The minimum atomic E-state index is 0.208. The smallest absolute Gasteiger partial charge is 0.105 e. The molecule has 1 heterocycles. The topological polar surface area (TPSA) is 25.2 Å². The van der Waals surface area contributed by atoms with Crippen LogP contribution < -0.4 is 5.32 Å². The zero-order valence-corrected chi connectivity index (χ0v) is 12.5. The van der Waals surface area contributed by atoms with E-state index in [2.05, 4.69) is 19.2 Å². The van der Waals surface area contributed by atoms with Crippen molar-refractivity contribution in [2.24, 2.45) is 0 Å². The predicted molar refractivity (Wildman–Crippen MR) is 79.9 cm³/mol. The van der Waals surface area contributed by atoms with Crippen LogP contribution in [0.15, 0.2) is 41.0 Å². The van der Waals surface area contributed by atoms with Crippen LogP contribution >= 0.6 is 23.2 Å². The van der Waals surface area contributed by atoms with E-state index in [-0.39, 0.29) is 6.04 Å². The average Bonchev–Trinajstić information content (AvgIpc) is 2.85. The Morgan fingerprint density at radius 3 is 2.58 bits per heavy atom. The summed E-state index contributed by atoms with van der Waals surface area (Å²) in [5.74, 6) is 0.987. The van der Waals surface area contributed by atoms with Gasteiger partial charge in [0.15, 0.2) is 0 Å². The third-order valence-electron chi connectivity index (χ3n) is 3.07. The number of nitrogens with one attached hydrogen (secondary N) is 1. The molecule has 102 valence electrons. The van der Waals surface area contributed by atoms with Crippen LogP contribution in [0.2, 0.25) is 10.0 Å². The third-order valence-corrected chi connectivity index (χ3v) is 3.80. The van der Waals surface area contributed by atoms with E-state index in [0.717, 1.165) is 17.7 Å². The van der Waals surface area contributed by atoms with Gasteiger partial charge in [-0.25, -0.2) is 0 Å². The highest BCUT2D eigenvalue weighted by Gasteiger charge is 2.12. The van der Waals surface area contributed by atoms with Crippen LogP contribution in [0.25, 0.3) is 0 Å². The standard InChI is InChI=1S/C15H17Cl2NO/c1-10(8-13-4-3-7-19-13)18-11(2)12-5-6-14(16)15(17)9-12/h3-7,9-11,18H,8H2,1-2H3. The third kappa shape index (κ3) is 4.00. The van der Waals surface area contributed by atoms with E-state index in [1.54, 1.807) is 6.26 Å². The molecule has 2 aromatic rings. The minimum Gasteiger partial charge on any atom is -0.469 e. The second kappa shape index (κ2) is 6.47. The van der Waals surface area contributed by atoms with Crippen molar-refractivity contribution in [1.82, 2.24) is 5.32 Å². The molecule has 0 aliphatic heterocycles. The molecule has 0 spiro atoms. The molecule has 1 aromatic carbocycles. The molecule has 1 N–H and O–H groups in total. The molecular formula is C15H17Cl2NO. The summed E-state index contributed by atoms with van der Waals surface area (Å²) in [6, 6.07) is 10.1. The van der Waals surface area contributed by atoms with Crippen molar-refractivity contribution in [2.45, 2.75) is 32.4 Å². The Kier molecular flexibility index (Phi) is 4.92. The van der Waals surface area contributed by atoms with E-state index >= 15 is 0 Å². The predicted octanol–water partition coefficient (Wildman–Crippen LogP) is 4.87. The summed E-state index contributed by atoms with van der Waals surface area (Å²) in [6.07, 6.45) is 2.56. The first-order chi connectivity index (χ1) is 9.06. The minimum absolute atomic E-state index is 0.208. The molecule has 2 nitrogen and oxygen atoms in total. The Labute approximate surface area is 123 Å². The molecule has 0 bridgehead atoms.